The van der Waals surface area contributed by atoms with Crippen LogP contribution in [-0.4, -0.2) is 89.0 Å². The zero-order chi connectivity index (χ0) is 21.1. The maximum Gasteiger partial charge on any atom is 0.231 e. The highest BCUT2D eigenvalue weighted by Crippen LogP contribution is 2.12. The van der Waals surface area contributed by atoms with E-state index in [1.165, 1.54) is 0 Å². The van der Waals surface area contributed by atoms with E-state index in [-0.39, 0.29) is 36.9 Å². The van der Waals surface area contributed by atoms with E-state index in [2.05, 4.69) is 20.3 Å². The molecule has 1 unspecified atom stereocenters. The second-order valence-corrected chi connectivity index (χ2v) is 9.50. The Hall–Kier alpha value is -1.43. The fourth-order valence-electron chi connectivity index (χ4n) is 3.51. The Labute approximate surface area is 174 Å². The highest BCUT2D eigenvalue weighted by atomic mass is 32.2. The molecule has 10 nitrogen and oxygen atoms in total. The van der Waals surface area contributed by atoms with Crippen molar-refractivity contribution >= 4 is 21.9 Å². The number of likely N-dealkylation sites (tertiary alicyclic amines) is 1. The van der Waals surface area contributed by atoms with Gasteiger partial charge in [0.2, 0.25) is 15.9 Å². The minimum absolute atomic E-state index is 0.0264. The summed E-state index contributed by atoms with van der Waals surface area (Å²) in [5.74, 6) is 0.246. The van der Waals surface area contributed by atoms with Crippen LogP contribution in [0.2, 0.25) is 0 Å². The van der Waals surface area contributed by atoms with E-state index in [1.807, 2.05) is 11.8 Å². The van der Waals surface area contributed by atoms with E-state index in [9.17, 15) is 13.2 Å². The number of nitrogens with one attached hydrogen (secondary N) is 3. The van der Waals surface area contributed by atoms with Crippen LogP contribution in [0, 0.1) is 0 Å². The predicted octanol–water partition coefficient (Wildman–Crippen LogP) is -1.02. The number of aliphatic imine (C=N–C) groups is 1. The summed E-state index contributed by atoms with van der Waals surface area (Å²) in [4.78, 5) is 17.5. The molecular formula is C18H36N6O4S. The van der Waals surface area contributed by atoms with Gasteiger partial charge in [0, 0.05) is 38.8 Å². The maximum atomic E-state index is 12.2. The number of nitrogens with zero attached hydrogens (tertiary/aromatic N) is 2. The van der Waals surface area contributed by atoms with E-state index < -0.39 is 10.0 Å². The third-order valence-electron chi connectivity index (χ3n) is 5.09. The van der Waals surface area contributed by atoms with Gasteiger partial charge in [0.15, 0.2) is 5.96 Å². The topological polar surface area (TPSA) is 138 Å². The van der Waals surface area contributed by atoms with Crippen molar-refractivity contribution in [3.63, 3.8) is 0 Å². The van der Waals surface area contributed by atoms with Gasteiger partial charge in [-0.15, -0.1) is 0 Å². The Morgan fingerprint density at radius 2 is 2.00 bits per heavy atom. The fraction of sp³-hybridized carbons (Fsp3) is 0.889. The first-order valence-electron chi connectivity index (χ1n) is 10.5. The van der Waals surface area contributed by atoms with Gasteiger partial charge in [-0.25, -0.2) is 13.1 Å². The molecule has 1 atom stereocenters. The summed E-state index contributed by atoms with van der Waals surface area (Å²) in [6.45, 7) is 5.74. The molecule has 2 rings (SSSR count). The van der Waals surface area contributed by atoms with Gasteiger partial charge in [0.05, 0.1) is 24.9 Å². The smallest absolute Gasteiger partial charge is 0.231 e. The molecule has 5 N–H and O–H groups in total. The number of rotatable bonds is 10. The van der Waals surface area contributed by atoms with Crippen molar-refractivity contribution in [3.05, 3.63) is 0 Å². The van der Waals surface area contributed by atoms with Crippen LogP contribution in [0.4, 0.5) is 0 Å². The first-order valence-corrected chi connectivity index (χ1v) is 12.2. The molecule has 2 heterocycles. The van der Waals surface area contributed by atoms with Gasteiger partial charge in [0.25, 0.3) is 0 Å². The molecule has 2 saturated heterocycles. The summed E-state index contributed by atoms with van der Waals surface area (Å²) >= 11 is 0. The number of ether oxygens (including phenoxy) is 1. The normalized spacial score (nSPS) is 22.4. The van der Waals surface area contributed by atoms with Gasteiger partial charge in [-0.3, -0.25) is 14.7 Å². The molecule has 0 aromatic rings. The largest absolute Gasteiger partial charge is 0.377 e. The minimum Gasteiger partial charge on any atom is -0.377 e. The van der Waals surface area contributed by atoms with E-state index in [1.54, 1.807) is 0 Å². The molecule has 0 radical (unpaired) electrons. The average Bonchev–Trinajstić information content (AvgIpc) is 2.68. The zero-order valence-corrected chi connectivity index (χ0v) is 18.2. The third-order valence-corrected chi connectivity index (χ3v) is 6.41. The molecule has 0 saturated carbocycles. The number of primary amides is 1. The maximum absolute atomic E-state index is 12.2. The lowest BCUT2D eigenvalue weighted by Gasteiger charge is -2.32. The average molecular weight is 433 g/mol. The fourth-order valence-corrected chi connectivity index (χ4v) is 4.42. The number of amides is 1. The number of carbonyl (C=O) groups excluding carboxylic acids is 1. The molecule has 1 amide bonds. The monoisotopic (exact) mass is 432 g/mol. The third kappa shape index (κ3) is 9.75. The Bertz CT molecular complexity index is 628. The lowest BCUT2D eigenvalue weighted by atomic mass is 10.1. The lowest BCUT2D eigenvalue weighted by Crippen LogP contribution is -2.50. The molecule has 0 bridgehead atoms. The van der Waals surface area contributed by atoms with Crippen molar-refractivity contribution in [2.75, 3.05) is 51.6 Å². The number of nitrogens with two attached hydrogens (primary N) is 1. The SMILES string of the molecule is CCNC(=NCCS(=O)(=O)NCC1CCCCO1)NC1CCN(CC(N)=O)CC1. The van der Waals surface area contributed by atoms with E-state index in [0.717, 1.165) is 45.2 Å². The summed E-state index contributed by atoms with van der Waals surface area (Å²) in [5, 5.41) is 6.52. The number of hydrogen-bond donors (Lipinski definition) is 4. The van der Waals surface area contributed by atoms with Crippen LogP contribution in [0.5, 0.6) is 0 Å². The quantitative estimate of drug-likeness (QED) is 0.256. The number of guanidine groups is 1. The van der Waals surface area contributed by atoms with Crippen LogP contribution in [0.3, 0.4) is 0 Å². The van der Waals surface area contributed by atoms with Crippen molar-refractivity contribution in [1.29, 1.82) is 0 Å². The summed E-state index contributed by atoms with van der Waals surface area (Å²) < 4.78 is 32.6. The van der Waals surface area contributed by atoms with Crippen molar-refractivity contribution in [2.45, 2.75) is 51.2 Å². The molecule has 0 aliphatic carbocycles. The second kappa shape index (κ2) is 12.3. The van der Waals surface area contributed by atoms with Crippen LogP contribution in [0.1, 0.15) is 39.0 Å². The first-order chi connectivity index (χ1) is 13.9. The van der Waals surface area contributed by atoms with Crippen LogP contribution < -0.4 is 21.1 Å². The first kappa shape index (κ1) is 23.8. The number of sulfonamides is 1. The van der Waals surface area contributed by atoms with E-state index in [4.69, 9.17) is 10.5 Å². The minimum atomic E-state index is -3.39. The van der Waals surface area contributed by atoms with Gasteiger partial charge >= 0.3 is 0 Å². The molecule has 2 aliphatic heterocycles. The van der Waals surface area contributed by atoms with Gasteiger partial charge in [-0.1, -0.05) is 0 Å². The summed E-state index contributed by atoms with van der Waals surface area (Å²) in [6.07, 6.45) is 4.74. The molecular weight excluding hydrogens is 396 g/mol. The molecule has 0 spiro atoms. The highest BCUT2D eigenvalue weighted by Gasteiger charge is 2.21. The number of hydrogen-bond acceptors (Lipinski definition) is 6. The lowest BCUT2D eigenvalue weighted by molar-refractivity contribution is -0.119. The van der Waals surface area contributed by atoms with Crippen molar-refractivity contribution in [2.24, 2.45) is 10.7 Å². The van der Waals surface area contributed by atoms with Crippen LogP contribution in [0.25, 0.3) is 0 Å². The Morgan fingerprint density at radius 1 is 1.24 bits per heavy atom. The van der Waals surface area contributed by atoms with E-state index in [0.29, 0.717) is 25.7 Å². The Morgan fingerprint density at radius 3 is 2.62 bits per heavy atom. The summed E-state index contributed by atoms with van der Waals surface area (Å²) in [6, 6.07) is 0.232. The van der Waals surface area contributed by atoms with E-state index >= 15 is 0 Å². The van der Waals surface area contributed by atoms with Crippen LogP contribution in [-0.2, 0) is 19.6 Å². The van der Waals surface area contributed by atoms with Gasteiger partial charge in [0.1, 0.15) is 0 Å². The molecule has 168 valence electrons. The molecule has 29 heavy (non-hydrogen) atoms. The van der Waals surface area contributed by atoms with Crippen molar-refractivity contribution in [3.8, 4) is 0 Å². The number of piperidine rings is 1. The second-order valence-electron chi connectivity index (χ2n) is 7.58. The van der Waals surface area contributed by atoms with Gasteiger partial charge in [-0.2, -0.15) is 0 Å². The zero-order valence-electron chi connectivity index (χ0n) is 17.4. The number of carbonyl (C=O) groups is 1. The Kier molecular flexibility index (Phi) is 10.1. The molecule has 0 aromatic heterocycles. The molecule has 2 aliphatic rings. The summed E-state index contributed by atoms with van der Waals surface area (Å²) in [7, 11) is -3.39. The van der Waals surface area contributed by atoms with Crippen molar-refractivity contribution < 1.29 is 17.9 Å². The van der Waals surface area contributed by atoms with Gasteiger partial charge in [-0.05, 0) is 39.0 Å². The molecule has 0 aromatic carbocycles. The van der Waals surface area contributed by atoms with Crippen LogP contribution >= 0.6 is 0 Å². The highest BCUT2D eigenvalue weighted by molar-refractivity contribution is 7.89. The predicted molar refractivity (Wildman–Crippen MR) is 113 cm³/mol. The summed E-state index contributed by atoms with van der Waals surface area (Å²) in [5.41, 5.74) is 5.25. The van der Waals surface area contributed by atoms with Crippen LogP contribution in [0.15, 0.2) is 4.99 Å². The molecule has 2 fully saturated rings. The van der Waals surface area contributed by atoms with Gasteiger partial charge < -0.3 is 21.1 Å². The standard InChI is InChI=1S/C18H36N6O4S/c1-2-20-18(23-15-6-9-24(10-7-15)14-17(19)25)21-8-12-29(26,27)22-13-16-5-3-4-11-28-16/h15-16,22H,2-14H2,1H3,(H2,19,25)(H2,20,21,23). The van der Waals surface area contributed by atoms with Crippen molar-refractivity contribution in [1.82, 2.24) is 20.3 Å². The Balaban J connectivity index is 1.74. The molecule has 11 heteroatoms.